The average molecular weight is 450 g/mol. The van der Waals surface area contributed by atoms with Crippen LogP contribution in [-0.4, -0.2) is 34.7 Å². The van der Waals surface area contributed by atoms with Gasteiger partial charge in [-0.1, -0.05) is 17.7 Å². The molecule has 0 fully saturated rings. The standard InChI is InChI=1S/C16H19BrClFN4OS/c1-2-24-8-4-7-20-16(25)21-15-12(17)10-23(22-15)9-11-13(18)5-3-6-14(11)19/h3,5-6,10H,2,4,7-9H2,1H3,(H2,20,21,22,25). The van der Waals surface area contributed by atoms with Crippen molar-refractivity contribution in [1.29, 1.82) is 0 Å². The lowest BCUT2D eigenvalue weighted by atomic mass is 10.2. The second-order valence-electron chi connectivity index (χ2n) is 5.15. The molecule has 0 saturated carbocycles. The fourth-order valence-electron chi connectivity index (χ4n) is 2.08. The molecule has 0 unspecified atom stereocenters. The Hall–Kier alpha value is -1.22. The highest BCUT2D eigenvalue weighted by Crippen LogP contribution is 2.24. The summed E-state index contributed by atoms with van der Waals surface area (Å²) >= 11 is 14.7. The van der Waals surface area contributed by atoms with Crippen molar-refractivity contribution in [2.45, 2.75) is 19.9 Å². The molecule has 0 aliphatic rings. The fraction of sp³-hybridized carbons (Fsp3) is 0.375. The van der Waals surface area contributed by atoms with Crippen molar-refractivity contribution in [2.75, 3.05) is 25.1 Å². The third-order valence-corrected chi connectivity index (χ3v) is 4.47. The van der Waals surface area contributed by atoms with Crippen molar-refractivity contribution in [1.82, 2.24) is 15.1 Å². The number of benzene rings is 1. The SMILES string of the molecule is CCOCCCNC(=S)Nc1nn(Cc2c(F)cccc2Cl)cc1Br. The summed E-state index contributed by atoms with van der Waals surface area (Å²) in [5.74, 6) is 0.190. The van der Waals surface area contributed by atoms with E-state index < -0.39 is 0 Å². The number of anilines is 1. The van der Waals surface area contributed by atoms with Gasteiger partial charge in [0.1, 0.15) is 5.82 Å². The van der Waals surface area contributed by atoms with Crippen LogP contribution in [-0.2, 0) is 11.3 Å². The van der Waals surface area contributed by atoms with Crippen LogP contribution in [0.1, 0.15) is 18.9 Å². The lowest BCUT2D eigenvalue weighted by Crippen LogP contribution is -2.30. The van der Waals surface area contributed by atoms with Crippen molar-refractivity contribution in [3.05, 3.63) is 45.3 Å². The van der Waals surface area contributed by atoms with E-state index in [4.69, 9.17) is 28.6 Å². The predicted octanol–water partition coefficient (Wildman–Crippen LogP) is 4.20. The molecule has 2 aromatic rings. The van der Waals surface area contributed by atoms with Gasteiger partial charge in [-0.2, -0.15) is 5.10 Å². The normalized spacial score (nSPS) is 10.7. The van der Waals surface area contributed by atoms with E-state index >= 15 is 0 Å². The lowest BCUT2D eigenvalue weighted by Gasteiger charge is -2.09. The number of hydrogen-bond donors (Lipinski definition) is 2. The van der Waals surface area contributed by atoms with Crippen LogP contribution in [0.5, 0.6) is 0 Å². The van der Waals surface area contributed by atoms with Crippen LogP contribution in [0.4, 0.5) is 10.2 Å². The fourth-order valence-corrected chi connectivity index (χ4v) is 2.92. The number of aromatic nitrogens is 2. The molecule has 0 radical (unpaired) electrons. The molecule has 0 atom stereocenters. The van der Waals surface area contributed by atoms with Gasteiger partial charge in [-0.15, -0.1) is 0 Å². The minimum atomic E-state index is -0.361. The number of ether oxygens (including phenoxy) is 1. The molecule has 0 saturated heterocycles. The maximum atomic E-state index is 13.9. The van der Waals surface area contributed by atoms with Crippen molar-refractivity contribution >= 4 is 50.7 Å². The maximum Gasteiger partial charge on any atom is 0.172 e. The minimum Gasteiger partial charge on any atom is -0.382 e. The molecule has 0 bridgehead atoms. The Labute approximate surface area is 165 Å². The van der Waals surface area contributed by atoms with Crippen LogP contribution < -0.4 is 10.6 Å². The molecule has 136 valence electrons. The van der Waals surface area contributed by atoms with E-state index in [0.29, 0.717) is 41.3 Å². The average Bonchev–Trinajstić information content (AvgIpc) is 2.90. The zero-order chi connectivity index (χ0) is 18.2. The quantitative estimate of drug-likeness (QED) is 0.467. The number of nitrogens with one attached hydrogen (secondary N) is 2. The summed E-state index contributed by atoms with van der Waals surface area (Å²) in [4.78, 5) is 0. The minimum absolute atomic E-state index is 0.223. The Morgan fingerprint density at radius 1 is 1.48 bits per heavy atom. The van der Waals surface area contributed by atoms with E-state index in [2.05, 4.69) is 31.7 Å². The molecule has 9 heteroatoms. The van der Waals surface area contributed by atoms with E-state index in [0.717, 1.165) is 10.9 Å². The van der Waals surface area contributed by atoms with E-state index in [1.54, 1.807) is 23.0 Å². The van der Waals surface area contributed by atoms with Gasteiger partial charge in [-0.25, -0.2) is 4.39 Å². The monoisotopic (exact) mass is 448 g/mol. The molecule has 1 aromatic carbocycles. The maximum absolute atomic E-state index is 13.9. The van der Waals surface area contributed by atoms with Crippen LogP contribution in [0.2, 0.25) is 5.02 Å². The summed E-state index contributed by atoms with van der Waals surface area (Å²) in [6.45, 7) is 4.28. The Kier molecular flexibility index (Phi) is 8.08. The van der Waals surface area contributed by atoms with Gasteiger partial charge in [0.05, 0.1) is 11.0 Å². The molecule has 25 heavy (non-hydrogen) atoms. The molecule has 0 aliphatic carbocycles. The largest absolute Gasteiger partial charge is 0.382 e. The number of rotatable bonds is 8. The highest BCUT2D eigenvalue weighted by molar-refractivity contribution is 9.10. The van der Waals surface area contributed by atoms with E-state index in [-0.39, 0.29) is 12.4 Å². The van der Waals surface area contributed by atoms with Crippen LogP contribution >= 0.6 is 39.7 Å². The first-order valence-corrected chi connectivity index (χ1v) is 9.37. The van der Waals surface area contributed by atoms with E-state index in [9.17, 15) is 4.39 Å². The zero-order valence-corrected chi connectivity index (χ0v) is 16.8. The molecule has 0 aliphatic heterocycles. The van der Waals surface area contributed by atoms with Gasteiger partial charge in [0.15, 0.2) is 10.9 Å². The van der Waals surface area contributed by atoms with Crippen molar-refractivity contribution < 1.29 is 9.13 Å². The molecule has 5 nitrogen and oxygen atoms in total. The number of hydrogen-bond acceptors (Lipinski definition) is 3. The molecule has 1 heterocycles. The Morgan fingerprint density at radius 2 is 2.28 bits per heavy atom. The summed E-state index contributed by atoms with van der Waals surface area (Å²) in [6, 6.07) is 4.60. The molecule has 2 N–H and O–H groups in total. The van der Waals surface area contributed by atoms with Gasteiger partial charge in [0.25, 0.3) is 0 Å². The van der Waals surface area contributed by atoms with Crippen LogP contribution in [0, 0.1) is 5.82 Å². The van der Waals surface area contributed by atoms with Gasteiger partial charge in [0, 0.05) is 36.5 Å². The Morgan fingerprint density at radius 3 is 3.00 bits per heavy atom. The van der Waals surface area contributed by atoms with Gasteiger partial charge >= 0.3 is 0 Å². The van der Waals surface area contributed by atoms with E-state index in [1.165, 1.54) is 6.07 Å². The summed E-state index contributed by atoms with van der Waals surface area (Å²) in [6.07, 6.45) is 2.60. The first-order valence-electron chi connectivity index (χ1n) is 7.79. The molecular weight excluding hydrogens is 431 g/mol. The third kappa shape index (κ3) is 6.22. The second-order valence-corrected chi connectivity index (χ2v) is 6.82. The smallest absolute Gasteiger partial charge is 0.172 e. The number of thiocarbonyl (C=S) groups is 1. The molecule has 1 aromatic heterocycles. The summed E-state index contributed by atoms with van der Waals surface area (Å²) in [7, 11) is 0. The van der Waals surface area contributed by atoms with Crippen molar-refractivity contribution in [2.24, 2.45) is 0 Å². The predicted molar refractivity (Wildman–Crippen MR) is 106 cm³/mol. The van der Waals surface area contributed by atoms with Gasteiger partial charge in [-0.05, 0) is 53.6 Å². The first-order chi connectivity index (χ1) is 12.0. The topological polar surface area (TPSA) is 51.1 Å². The molecule has 2 rings (SSSR count). The Balaban J connectivity index is 1.92. The molecule has 0 spiro atoms. The Bertz CT molecular complexity index is 708. The number of nitrogens with zero attached hydrogens (tertiary/aromatic N) is 2. The zero-order valence-electron chi connectivity index (χ0n) is 13.7. The molecular formula is C16H19BrClFN4OS. The van der Waals surface area contributed by atoms with Crippen LogP contribution in [0.3, 0.4) is 0 Å². The van der Waals surface area contributed by atoms with Crippen molar-refractivity contribution in [3.63, 3.8) is 0 Å². The summed E-state index contributed by atoms with van der Waals surface area (Å²) in [5.41, 5.74) is 0.391. The van der Waals surface area contributed by atoms with Gasteiger partial charge < -0.3 is 15.4 Å². The van der Waals surface area contributed by atoms with Crippen LogP contribution in [0.25, 0.3) is 0 Å². The van der Waals surface area contributed by atoms with Gasteiger partial charge in [0.2, 0.25) is 0 Å². The summed E-state index contributed by atoms with van der Waals surface area (Å²) < 4.78 is 21.5. The molecule has 0 amide bonds. The second kappa shape index (κ2) is 10.1. The highest BCUT2D eigenvalue weighted by Gasteiger charge is 2.12. The first kappa shape index (κ1) is 20.1. The van der Waals surface area contributed by atoms with Gasteiger partial charge in [-0.3, -0.25) is 4.68 Å². The van der Waals surface area contributed by atoms with Crippen molar-refractivity contribution in [3.8, 4) is 0 Å². The van der Waals surface area contributed by atoms with Crippen LogP contribution in [0.15, 0.2) is 28.9 Å². The highest BCUT2D eigenvalue weighted by atomic mass is 79.9. The lowest BCUT2D eigenvalue weighted by molar-refractivity contribution is 0.146. The number of halogens is 3. The van der Waals surface area contributed by atoms with E-state index in [1.807, 2.05) is 6.92 Å². The third-order valence-electron chi connectivity index (χ3n) is 3.29. The summed E-state index contributed by atoms with van der Waals surface area (Å²) in [5, 5.41) is 11.3.